The molecular formula is C33H49N5O2Si. The summed E-state index contributed by atoms with van der Waals surface area (Å²) < 4.78 is 5.82. The number of hydrogen-bond donors (Lipinski definition) is 0. The van der Waals surface area contributed by atoms with Crippen LogP contribution in [0.2, 0.25) is 16.6 Å². The summed E-state index contributed by atoms with van der Waals surface area (Å²) in [7, 11) is -2.12. The molecule has 2 heterocycles. The molecule has 222 valence electrons. The Kier molecular flexibility index (Phi) is 10.2. The lowest BCUT2D eigenvalue weighted by atomic mass is 9.90. The molecule has 8 heteroatoms. The fourth-order valence-corrected chi connectivity index (χ4v) is 10.5. The molecule has 0 bridgehead atoms. The molecule has 0 aromatic carbocycles. The molecule has 0 spiro atoms. The first kappa shape index (κ1) is 34.0. The third-order valence-corrected chi connectivity index (χ3v) is 13.7. The molecule has 0 aliphatic carbocycles. The second-order valence-electron chi connectivity index (χ2n) is 14.2. The van der Waals surface area contributed by atoms with Gasteiger partial charge in [0.05, 0.1) is 29.1 Å². The zero-order valence-corrected chi connectivity index (χ0v) is 28.6. The standard InChI is InChI=1S/C33H49N5O2Si/c1-22(2)41(23(3)4,24(5)6)18-16-26-29(38(31(7,8)9)30(39)40-32(10,11)12)36-20-27(37-26)25-15-17-35-28(19-25)33(13,14)21-34/h15,17,19-20,22-24H,1-14H3. The van der Waals surface area contributed by atoms with Gasteiger partial charge in [0.15, 0.2) is 11.5 Å². The molecule has 2 aromatic rings. The van der Waals surface area contributed by atoms with Gasteiger partial charge in [0.1, 0.15) is 13.7 Å². The molecule has 0 aliphatic heterocycles. The maximum atomic E-state index is 13.6. The lowest BCUT2D eigenvalue weighted by Crippen LogP contribution is -2.49. The van der Waals surface area contributed by atoms with Gasteiger partial charge < -0.3 is 4.74 Å². The van der Waals surface area contributed by atoms with Crippen LogP contribution in [-0.2, 0) is 10.2 Å². The summed E-state index contributed by atoms with van der Waals surface area (Å²) in [5, 5.41) is 9.66. The van der Waals surface area contributed by atoms with E-state index in [4.69, 9.17) is 14.7 Å². The van der Waals surface area contributed by atoms with Crippen molar-refractivity contribution in [2.45, 2.75) is 130 Å². The summed E-state index contributed by atoms with van der Waals surface area (Å²) in [6, 6.07) is 6.03. The number of nitrogens with zero attached hydrogens (tertiary/aromatic N) is 5. The molecule has 0 N–H and O–H groups in total. The highest BCUT2D eigenvalue weighted by atomic mass is 28.3. The monoisotopic (exact) mass is 575 g/mol. The SMILES string of the molecule is CC(C)[Si](C#Cc1nc(-c2ccnc(C(C)(C)C#N)c2)cnc1N(C(=O)OC(C)(C)C)C(C)(C)C)(C(C)C)C(C)C. The average molecular weight is 576 g/mol. The van der Waals surface area contributed by atoms with Gasteiger partial charge in [0, 0.05) is 17.3 Å². The zero-order chi connectivity index (χ0) is 31.6. The summed E-state index contributed by atoms with van der Waals surface area (Å²) >= 11 is 0. The fraction of sp³-hybridized carbons (Fsp3) is 0.606. The summed E-state index contributed by atoms with van der Waals surface area (Å²) in [6.45, 7) is 28.6. The molecule has 0 fully saturated rings. The Morgan fingerprint density at radius 1 is 0.951 bits per heavy atom. The maximum absolute atomic E-state index is 13.6. The van der Waals surface area contributed by atoms with E-state index >= 15 is 0 Å². The van der Waals surface area contributed by atoms with Crippen molar-refractivity contribution in [3.8, 4) is 28.8 Å². The van der Waals surface area contributed by atoms with E-state index in [1.54, 1.807) is 17.3 Å². The molecule has 0 radical (unpaired) electrons. The number of anilines is 1. The molecular weight excluding hydrogens is 526 g/mol. The number of pyridine rings is 1. The van der Waals surface area contributed by atoms with Crippen molar-refractivity contribution in [1.29, 1.82) is 5.26 Å². The Morgan fingerprint density at radius 2 is 1.51 bits per heavy atom. The average Bonchev–Trinajstić information content (AvgIpc) is 2.82. The molecule has 41 heavy (non-hydrogen) atoms. The Morgan fingerprint density at radius 3 is 1.98 bits per heavy atom. The van der Waals surface area contributed by atoms with Crippen LogP contribution in [0.1, 0.15) is 108 Å². The fourth-order valence-electron chi connectivity index (χ4n) is 5.34. The van der Waals surface area contributed by atoms with E-state index < -0.39 is 30.7 Å². The number of amides is 1. The van der Waals surface area contributed by atoms with E-state index in [1.807, 2.05) is 67.5 Å². The van der Waals surface area contributed by atoms with Crippen molar-refractivity contribution in [2.24, 2.45) is 0 Å². The molecule has 0 unspecified atom stereocenters. The Bertz CT molecular complexity index is 1330. The minimum Gasteiger partial charge on any atom is -0.443 e. The molecule has 2 aromatic heterocycles. The minimum absolute atomic E-state index is 0.369. The van der Waals surface area contributed by atoms with Gasteiger partial charge >= 0.3 is 6.09 Å². The number of nitriles is 1. The van der Waals surface area contributed by atoms with Gasteiger partial charge in [-0.25, -0.2) is 14.8 Å². The third kappa shape index (κ3) is 7.74. The summed E-state index contributed by atoms with van der Waals surface area (Å²) in [6.07, 6.45) is 2.83. The first-order valence-electron chi connectivity index (χ1n) is 14.5. The van der Waals surface area contributed by atoms with E-state index in [9.17, 15) is 10.1 Å². The van der Waals surface area contributed by atoms with E-state index in [0.717, 1.165) is 5.56 Å². The van der Waals surface area contributed by atoms with Gasteiger partial charge in [-0.3, -0.25) is 9.88 Å². The minimum atomic E-state index is -2.12. The number of carbonyl (C=O) groups is 1. The van der Waals surface area contributed by atoms with Gasteiger partial charge in [-0.15, -0.1) is 5.54 Å². The van der Waals surface area contributed by atoms with Gasteiger partial charge in [-0.1, -0.05) is 47.5 Å². The molecule has 0 atom stereocenters. The summed E-state index contributed by atoms with van der Waals surface area (Å²) in [5.74, 6) is 3.82. The van der Waals surface area contributed by atoms with Crippen molar-refractivity contribution >= 4 is 20.0 Å². The van der Waals surface area contributed by atoms with Crippen molar-refractivity contribution in [2.75, 3.05) is 4.90 Å². The Labute approximate surface area is 249 Å². The van der Waals surface area contributed by atoms with Crippen molar-refractivity contribution in [3.05, 3.63) is 35.9 Å². The molecule has 7 nitrogen and oxygen atoms in total. The van der Waals surface area contributed by atoms with E-state index in [0.29, 0.717) is 39.5 Å². The lowest BCUT2D eigenvalue weighted by molar-refractivity contribution is 0.0548. The van der Waals surface area contributed by atoms with Crippen molar-refractivity contribution < 1.29 is 9.53 Å². The first-order chi connectivity index (χ1) is 18.7. The molecule has 1 amide bonds. The van der Waals surface area contributed by atoms with Crippen molar-refractivity contribution in [1.82, 2.24) is 15.0 Å². The highest BCUT2D eigenvalue weighted by molar-refractivity contribution is 6.90. The predicted molar refractivity (Wildman–Crippen MR) is 170 cm³/mol. The van der Waals surface area contributed by atoms with E-state index in [-0.39, 0.29) is 0 Å². The van der Waals surface area contributed by atoms with Crippen LogP contribution in [0.5, 0.6) is 0 Å². The number of hydrogen-bond acceptors (Lipinski definition) is 6. The summed E-state index contributed by atoms with van der Waals surface area (Å²) in [4.78, 5) is 29.4. The highest BCUT2D eigenvalue weighted by Crippen LogP contribution is 2.41. The first-order valence-corrected chi connectivity index (χ1v) is 16.7. The third-order valence-electron chi connectivity index (χ3n) is 7.45. The maximum Gasteiger partial charge on any atom is 0.416 e. The number of rotatable bonds is 6. The Hall–Kier alpha value is -3.23. The molecule has 0 saturated carbocycles. The van der Waals surface area contributed by atoms with Gasteiger partial charge in [-0.2, -0.15) is 5.26 Å². The molecule has 2 rings (SSSR count). The summed E-state index contributed by atoms with van der Waals surface area (Å²) in [5.41, 5.74) is 5.39. The van der Waals surface area contributed by atoms with Crippen LogP contribution < -0.4 is 4.90 Å². The Balaban J connectivity index is 2.93. The van der Waals surface area contributed by atoms with Gasteiger partial charge in [0.25, 0.3) is 0 Å². The number of aromatic nitrogens is 3. The molecule has 0 aliphatic rings. The molecule has 0 saturated heterocycles. The smallest absolute Gasteiger partial charge is 0.416 e. The predicted octanol–water partition coefficient (Wildman–Crippen LogP) is 8.45. The van der Waals surface area contributed by atoms with Gasteiger partial charge in [-0.05, 0) is 84.1 Å². The normalized spacial score (nSPS) is 12.7. The van der Waals surface area contributed by atoms with E-state index in [1.165, 1.54) is 0 Å². The number of carbonyl (C=O) groups excluding carboxylic acids is 1. The van der Waals surface area contributed by atoms with Crippen LogP contribution >= 0.6 is 0 Å². The van der Waals surface area contributed by atoms with Crippen LogP contribution in [0.3, 0.4) is 0 Å². The van der Waals surface area contributed by atoms with Gasteiger partial charge in [0.2, 0.25) is 0 Å². The topological polar surface area (TPSA) is 92.0 Å². The van der Waals surface area contributed by atoms with Crippen LogP contribution in [0.15, 0.2) is 24.5 Å². The second kappa shape index (κ2) is 12.3. The quantitative estimate of drug-likeness (QED) is 0.253. The van der Waals surface area contributed by atoms with Crippen LogP contribution in [0, 0.1) is 22.8 Å². The lowest BCUT2D eigenvalue weighted by Gasteiger charge is -2.38. The second-order valence-corrected chi connectivity index (χ2v) is 19.8. The largest absolute Gasteiger partial charge is 0.443 e. The zero-order valence-electron chi connectivity index (χ0n) is 27.6. The van der Waals surface area contributed by atoms with Crippen LogP contribution in [0.25, 0.3) is 11.3 Å². The van der Waals surface area contributed by atoms with Crippen LogP contribution in [-0.4, -0.2) is 40.3 Å². The van der Waals surface area contributed by atoms with Crippen molar-refractivity contribution in [3.63, 3.8) is 0 Å². The number of ether oxygens (including phenoxy) is 1. The van der Waals surface area contributed by atoms with E-state index in [2.05, 4.69) is 64.1 Å². The van der Waals surface area contributed by atoms with Crippen LogP contribution in [0.4, 0.5) is 10.6 Å². The highest BCUT2D eigenvalue weighted by Gasteiger charge is 2.42.